The average molecular weight is 294 g/mol. The zero-order valence-electron chi connectivity index (χ0n) is 9.86. The van der Waals surface area contributed by atoms with Crippen molar-refractivity contribution in [1.82, 2.24) is 5.32 Å². The molecular formula is C11H14ClF2N3O2. The van der Waals surface area contributed by atoms with Crippen LogP contribution in [0.4, 0.5) is 8.78 Å². The summed E-state index contributed by atoms with van der Waals surface area (Å²) < 4.78 is 25.8. The Kier molecular flexibility index (Phi) is 6.95. The molecule has 1 aromatic carbocycles. The average Bonchev–Trinajstić information content (AvgIpc) is 2.26. The van der Waals surface area contributed by atoms with Gasteiger partial charge in [-0.3, -0.25) is 9.59 Å². The van der Waals surface area contributed by atoms with Crippen LogP contribution in [0.2, 0.25) is 0 Å². The number of benzene rings is 1. The molecule has 0 saturated heterocycles. The number of carbonyl (C=O) groups excluding carboxylic acids is 2. The van der Waals surface area contributed by atoms with Crippen molar-refractivity contribution < 1.29 is 18.4 Å². The molecule has 0 fully saturated rings. The maximum absolute atomic E-state index is 13.2. The molecule has 5 nitrogen and oxygen atoms in total. The minimum atomic E-state index is -1.08. The van der Waals surface area contributed by atoms with Crippen molar-refractivity contribution in [2.24, 2.45) is 11.5 Å². The van der Waals surface area contributed by atoms with Crippen molar-refractivity contribution in [1.29, 1.82) is 0 Å². The van der Waals surface area contributed by atoms with Crippen LogP contribution in [0.15, 0.2) is 18.2 Å². The minimum Gasteiger partial charge on any atom is -0.370 e. The lowest BCUT2D eigenvalue weighted by atomic mass is 10.1. The van der Waals surface area contributed by atoms with Crippen molar-refractivity contribution >= 4 is 24.2 Å². The molecule has 1 atom stereocenters. The Morgan fingerprint density at radius 2 is 1.95 bits per heavy atom. The van der Waals surface area contributed by atoms with Crippen LogP contribution < -0.4 is 16.8 Å². The highest BCUT2D eigenvalue weighted by Gasteiger charge is 2.16. The molecule has 0 heterocycles. The quantitative estimate of drug-likeness (QED) is 0.723. The molecule has 0 saturated carbocycles. The second-order valence-corrected chi connectivity index (χ2v) is 3.73. The fourth-order valence-corrected chi connectivity index (χ4v) is 1.29. The molecule has 0 aliphatic carbocycles. The van der Waals surface area contributed by atoms with Crippen LogP contribution in [-0.2, 0) is 16.1 Å². The van der Waals surface area contributed by atoms with Crippen LogP contribution in [0.3, 0.4) is 0 Å². The maximum Gasteiger partial charge on any atom is 0.237 e. The molecule has 0 aliphatic heterocycles. The first-order chi connectivity index (χ1) is 8.40. The third-order valence-electron chi connectivity index (χ3n) is 2.23. The summed E-state index contributed by atoms with van der Waals surface area (Å²) >= 11 is 0. The molecule has 0 aliphatic rings. The van der Waals surface area contributed by atoms with Gasteiger partial charge in [0.2, 0.25) is 11.8 Å². The summed E-state index contributed by atoms with van der Waals surface area (Å²) in [6.45, 7) is -0.141. The normalized spacial score (nSPS) is 11.3. The summed E-state index contributed by atoms with van der Waals surface area (Å²) in [6, 6.07) is 1.93. The summed E-state index contributed by atoms with van der Waals surface area (Å²) in [5.41, 5.74) is 10.4. The van der Waals surface area contributed by atoms with Crippen LogP contribution in [-0.4, -0.2) is 17.9 Å². The van der Waals surface area contributed by atoms with Crippen molar-refractivity contribution in [3.8, 4) is 0 Å². The number of halogens is 3. The SMILES string of the molecule is Cl.NC(=O)CC(N)C(=O)NCc1ccc(F)cc1F. The van der Waals surface area contributed by atoms with Crippen molar-refractivity contribution in [2.75, 3.05) is 0 Å². The molecular weight excluding hydrogens is 280 g/mol. The fourth-order valence-electron chi connectivity index (χ4n) is 1.29. The molecule has 1 aromatic rings. The number of nitrogens with two attached hydrogens (primary N) is 2. The Hall–Kier alpha value is -1.73. The van der Waals surface area contributed by atoms with Gasteiger partial charge in [-0.25, -0.2) is 8.78 Å². The first kappa shape index (κ1) is 17.3. The number of hydrogen-bond donors (Lipinski definition) is 3. The lowest BCUT2D eigenvalue weighted by molar-refractivity contribution is -0.126. The van der Waals surface area contributed by atoms with Gasteiger partial charge in [-0.05, 0) is 6.07 Å². The Bertz CT molecular complexity index is 471. The molecule has 19 heavy (non-hydrogen) atoms. The van der Waals surface area contributed by atoms with Crippen LogP contribution in [0.1, 0.15) is 12.0 Å². The molecule has 106 valence electrons. The summed E-state index contributed by atoms with van der Waals surface area (Å²) in [4.78, 5) is 21.9. The number of primary amides is 1. The van der Waals surface area contributed by atoms with Crippen LogP contribution >= 0.6 is 12.4 Å². The van der Waals surface area contributed by atoms with Crippen molar-refractivity contribution in [3.63, 3.8) is 0 Å². The molecule has 0 radical (unpaired) electrons. The highest BCUT2D eigenvalue weighted by Crippen LogP contribution is 2.09. The third-order valence-corrected chi connectivity index (χ3v) is 2.23. The van der Waals surface area contributed by atoms with Crippen molar-refractivity contribution in [3.05, 3.63) is 35.4 Å². The topological polar surface area (TPSA) is 98.2 Å². The van der Waals surface area contributed by atoms with E-state index in [1.807, 2.05) is 0 Å². The molecule has 8 heteroatoms. The lowest BCUT2D eigenvalue weighted by Crippen LogP contribution is -2.42. The van der Waals surface area contributed by atoms with E-state index in [1.165, 1.54) is 6.07 Å². The first-order valence-corrected chi connectivity index (χ1v) is 5.15. The van der Waals surface area contributed by atoms with E-state index in [4.69, 9.17) is 11.5 Å². The minimum absolute atomic E-state index is 0. The van der Waals surface area contributed by atoms with Gasteiger partial charge in [0.15, 0.2) is 0 Å². The molecule has 0 bridgehead atoms. The van der Waals surface area contributed by atoms with E-state index >= 15 is 0 Å². The van der Waals surface area contributed by atoms with Gasteiger partial charge < -0.3 is 16.8 Å². The van der Waals surface area contributed by atoms with Crippen molar-refractivity contribution in [2.45, 2.75) is 19.0 Å². The predicted molar refractivity (Wildman–Crippen MR) is 67.2 cm³/mol. The van der Waals surface area contributed by atoms with Gasteiger partial charge in [0.05, 0.1) is 12.5 Å². The highest BCUT2D eigenvalue weighted by molar-refractivity contribution is 5.87. The largest absolute Gasteiger partial charge is 0.370 e. The lowest BCUT2D eigenvalue weighted by Gasteiger charge is -2.11. The van der Waals surface area contributed by atoms with E-state index in [1.54, 1.807) is 0 Å². The second-order valence-electron chi connectivity index (χ2n) is 3.73. The van der Waals surface area contributed by atoms with Gasteiger partial charge >= 0.3 is 0 Å². The Morgan fingerprint density at radius 1 is 1.32 bits per heavy atom. The molecule has 1 rings (SSSR count). The van der Waals surface area contributed by atoms with Gasteiger partial charge in [0, 0.05) is 18.2 Å². The van der Waals surface area contributed by atoms with E-state index < -0.39 is 29.5 Å². The van der Waals surface area contributed by atoms with Gasteiger partial charge in [0.1, 0.15) is 11.6 Å². The Morgan fingerprint density at radius 3 is 2.47 bits per heavy atom. The number of nitrogens with one attached hydrogen (secondary N) is 1. The Balaban J connectivity index is 0.00000324. The van der Waals surface area contributed by atoms with Crippen LogP contribution in [0, 0.1) is 11.6 Å². The van der Waals surface area contributed by atoms with E-state index in [2.05, 4.69) is 5.32 Å². The summed E-state index contributed by atoms with van der Waals surface area (Å²) in [7, 11) is 0. The van der Waals surface area contributed by atoms with Gasteiger partial charge in [0.25, 0.3) is 0 Å². The smallest absolute Gasteiger partial charge is 0.237 e. The standard InChI is InChI=1S/C11H13F2N3O2.ClH/c12-7-2-1-6(8(13)3-7)5-16-11(18)9(14)4-10(15)17;/h1-3,9H,4-5,14H2,(H2,15,17)(H,16,18);1H. The van der Waals surface area contributed by atoms with Gasteiger partial charge in [-0.2, -0.15) is 0 Å². The fraction of sp³-hybridized carbons (Fsp3) is 0.273. The van der Waals surface area contributed by atoms with E-state index in [0.29, 0.717) is 6.07 Å². The third kappa shape index (κ3) is 5.62. The van der Waals surface area contributed by atoms with E-state index in [0.717, 1.165) is 6.07 Å². The second kappa shape index (κ2) is 7.65. The summed E-state index contributed by atoms with van der Waals surface area (Å²) in [6.07, 6.45) is -0.294. The van der Waals surface area contributed by atoms with Gasteiger partial charge in [-0.15, -0.1) is 12.4 Å². The predicted octanol–water partition coefficient (Wildman–Crippen LogP) is 0.206. The van der Waals surface area contributed by atoms with Crippen LogP contribution in [0.25, 0.3) is 0 Å². The monoisotopic (exact) mass is 293 g/mol. The number of rotatable bonds is 5. The van der Waals surface area contributed by atoms with Crippen LogP contribution in [0.5, 0.6) is 0 Å². The molecule has 5 N–H and O–H groups in total. The maximum atomic E-state index is 13.2. The van der Waals surface area contributed by atoms with E-state index in [-0.39, 0.29) is 30.9 Å². The molecule has 1 unspecified atom stereocenters. The van der Waals surface area contributed by atoms with Gasteiger partial charge in [-0.1, -0.05) is 6.07 Å². The molecule has 0 aromatic heterocycles. The molecule has 2 amide bonds. The summed E-state index contributed by atoms with van der Waals surface area (Å²) in [5, 5.41) is 2.33. The highest BCUT2D eigenvalue weighted by atomic mass is 35.5. The number of carbonyl (C=O) groups is 2. The van der Waals surface area contributed by atoms with E-state index in [9.17, 15) is 18.4 Å². The molecule has 0 spiro atoms. The zero-order valence-corrected chi connectivity index (χ0v) is 10.7. The number of hydrogen-bond acceptors (Lipinski definition) is 3. The zero-order chi connectivity index (χ0) is 13.7. The number of amides is 2. The summed E-state index contributed by atoms with van der Waals surface area (Å²) in [5.74, 6) is -2.80. The first-order valence-electron chi connectivity index (χ1n) is 5.15. The Labute approximate surface area is 114 Å².